The Balaban J connectivity index is 1.63. The van der Waals surface area contributed by atoms with Crippen LogP contribution >= 0.6 is 11.6 Å². The predicted molar refractivity (Wildman–Crippen MR) is 150 cm³/mol. The Hall–Kier alpha value is -3.38. The summed E-state index contributed by atoms with van der Waals surface area (Å²) < 4.78 is 61.0. The fourth-order valence-electron chi connectivity index (χ4n) is 6.09. The third-order valence-corrected chi connectivity index (χ3v) is 8.59. The van der Waals surface area contributed by atoms with E-state index in [1.54, 1.807) is 20.8 Å². The molecule has 1 aromatic heterocycles. The summed E-state index contributed by atoms with van der Waals surface area (Å²) in [6.07, 6.45) is -2.81. The number of hydrogen-bond donors (Lipinski definition) is 0. The molecule has 1 aromatic carbocycles. The molecular formula is C29H32ClF4N5O3. The van der Waals surface area contributed by atoms with Crippen molar-refractivity contribution in [3.63, 3.8) is 0 Å². The largest absolute Gasteiger partial charge is 0.489 e. The summed E-state index contributed by atoms with van der Waals surface area (Å²) in [6, 6.07) is 4.92. The lowest BCUT2D eigenvalue weighted by Crippen LogP contribution is -2.57. The summed E-state index contributed by atoms with van der Waals surface area (Å²) in [5.74, 6) is -1.08. The van der Waals surface area contributed by atoms with Gasteiger partial charge in [0.25, 0.3) is 5.91 Å². The molecule has 2 fully saturated rings. The number of hydrogen-bond acceptors (Lipinski definition) is 6. The molecule has 0 spiro atoms. The number of aromatic nitrogens is 1. The van der Waals surface area contributed by atoms with Gasteiger partial charge in [-0.15, -0.1) is 0 Å². The quantitative estimate of drug-likeness (QED) is 0.364. The van der Waals surface area contributed by atoms with Gasteiger partial charge in [0.05, 0.1) is 18.3 Å². The standard InChI is InChI=1S/C29H32ClF4N5O3/c1-5-21(40)37-10-11-38-18(13-37)15-42-25-22(27(38)41)26(35-24(23(25)30)19-8-6-7-9-20(19)31)39-14-17(12-28(39,2)3)36(4)16-29(32,33)34/h5-9,17-18H,1,10-16H2,2-4H3/t17?,18-/m1/s1. The van der Waals surface area contributed by atoms with Crippen molar-refractivity contribution in [1.29, 1.82) is 0 Å². The highest BCUT2D eigenvalue weighted by atomic mass is 35.5. The average Bonchev–Trinajstić information content (AvgIpc) is 3.17. The highest BCUT2D eigenvalue weighted by Gasteiger charge is 2.47. The van der Waals surface area contributed by atoms with Crippen LogP contribution in [0.2, 0.25) is 5.02 Å². The number of carbonyl (C=O) groups is 2. The number of amides is 2. The van der Waals surface area contributed by atoms with E-state index in [1.807, 2.05) is 13.8 Å². The monoisotopic (exact) mass is 609 g/mol. The van der Waals surface area contributed by atoms with Crippen LogP contribution in [0.5, 0.6) is 5.75 Å². The van der Waals surface area contributed by atoms with E-state index in [0.717, 1.165) is 0 Å². The van der Waals surface area contributed by atoms with Crippen molar-refractivity contribution >= 4 is 29.2 Å². The van der Waals surface area contributed by atoms with Gasteiger partial charge in [-0.3, -0.25) is 14.5 Å². The summed E-state index contributed by atoms with van der Waals surface area (Å²) in [4.78, 5) is 37.5. The maximum atomic E-state index is 15.0. The molecule has 0 radical (unpaired) electrons. The molecule has 0 N–H and O–H groups in total. The van der Waals surface area contributed by atoms with Crippen molar-refractivity contribution in [2.45, 2.75) is 44.1 Å². The number of nitrogens with zero attached hydrogens (tertiary/aromatic N) is 5. The molecule has 226 valence electrons. The van der Waals surface area contributed by atoms with Gasteiger partial charge >= 0.3 is 6.18 Å². The number of fused-ring (bicyclic) bond motifs is 2. The topological polar surface area (TPSA) is 69.2 Å². The number of pyridine rings is 1. The molecular weight excluding hydrogens is 578 g/mol. The summed E-state index contributed by atoms with van der Waals surface area (Å²) in [7, 11) is 1.42. The van der Waals surface area contributed by atoms with E-state index in [9.17, 15) is 22.8 Å². The van der Waals surface area contributed by atoms with Crippen LogP contribution in [0, 0.1) is 5.82 Å². The zero-order valence-electron chi connectivity index (χ0n) is 23.5. The molecule has 0 saturated carbocycles. The minimum atomic E-state index is -4.38. The molecule has 1 unspecified atom stereocenters. The maximum Gasteiger partial charge on any atom is 0.401 e. The summed E-state index contributed by atoms with van der Waals surface area (Å²) in [5, 5.41) is -0.0474. The highest BCUT2D eigenvalue weighted by Crippen LogP contribution is 2.47. The van der Waals surface area contributed by atoms with Gasteiger partial charge < -0.3 is 19.4 Å². The molecule has 4 heterocycles. The third-order valence-electron chi connectivity index (χ3n) is 8.24. The van der Waals surface area contributed by atoms with Gasteiger partial charge in [0.1, 0.15) is 28.8 Å². The van der Waals surface area contributed by atoms with E-state index >= 15 is 4.39 Å². The molecule has 2 amide bonds. The van der Waals surface area contributed by atoms with Gasteiger partial charge in [0.15, 0.2) is 5.75 Å². The minimum Gasteiger partial charge on any atom is -0.489 e. The zero-order valence-corrected chi connectivity index (χ0v) is 24.3. The lowest BCUT2D eigenvalue weighted by Gasteiger charge is -2.40. The SMILES string of the molecule is C=CC(=O)N1CCN2C(=O)c3c(N4CC(N(C)CC(F)(F)F)CC4(C)C)nc(-c4ccccc4F)c(Cl)c3OC[C@H]2C1. The Morgan fingerprint density at radius 2 is 1.98 bits per heavy atom. The number of rotatable bonds is 5. The molecule has 8 nitrogen and oxygen atoms in total. The van der Waals surface area contributed by atoms with E-state index in [1.165, 1.54) is 36.2 Å². The van der Waals surface area contributed by atoms with Crippen LogP contribution in [-0.2, 0) is 4.79 Å². The average molecular weight is 610 g/mol. The lowest BCUT2D eigenvalue weighted by molar-refractivity contribution is -0.146. The second kappa shape index (κ2) is 11.0. The van der Waals surface area contributed by atoms with Crippen LogP contribution in [0.15, 0.2) is 36.9 Å². The first-order chi connectivity index (χ1) is 19.7. The number of likely N-dealkylation sites (N-methyl/N-ethyl adjacent to an activating group) is 1. The molecule has 5 rings (SSSR count). The van der Waals surface area contributed by atoms with Crippen LogP contribution in [0.25, 0.3) is 11.3 Å². The first kappa shape index (κ1) is 30.1. The van der Waals surface area contributed by atoms with Crippen LogP contribution in [-0.4, -0.2) is 102 Å². The second-order valence-corrected chi connectivity index (χ2v) is 11.9. The van der Waals surface area contributed by atoms with E-state index in [-0.39, 0.29) is 72.1 Å². The summed E-state index contributed by atoms with van der Waals surface area (Å²) in [6.45, 7) is 7.04. The van der Waals surface area contributed by atoms with Crippen molar-refractivity contribution < 1.29 is 31.9 Å². The van der Waals surface area contributed by atoms with Gasteiger partial charge in [-0.25, -0.2) is 9.37 Å². The number of ether oxygens (including phenoxy) is 1. The number of anilines is 1. The number of benzene rings is 1. The fraction of sp³-hybridized carbons (Fsp3) is 0.483. The molecule has 3 aliphatic rings. The van der Waals surface area contributed by atoms with Crippen LogP contribution in [0.3, 0.4) is 0 Å². The maximum absolute atomic E-state index is 15.0. The number of alkyl halides is 3. The Labute approximate surface area is 246 Å². The molecule has 3 aliphatic heterocycles. The normalized spacial score (nSPS) is 22.0. The second-order valence-electron chi connectivity index (χ2n) is 11.5. The van der Waals surface area contributed by atoms with Crippen molar-refractivity contribution in [2.24, 2.45) is 0 Å². The van der Waals surface area contributed by atoms with Crippen molar-refractivity contribution in [1.82, 2.24) is 19.7 Å². The number of piperazine rings is 1. The Morgan fingerprint density at radius 3 is 2.64 bits per heavy atom. The van der Waals surface area contributed by atoms with Gasteiger partial charge in [-0.1, -0.05) is 30.3 Å². The van der Waals surface area contributed by atoms with Crippen LogP contribution in [0.1, 0.15) is 30.6 Å². The molecule has 0 aliphatic carbocycles. The molecule has 0 bridgehead atoms. The molecule has 2 aromatic rings. The number of carbonyl (C=O) groups excluding carboxylic acids is 2. The van der Waals surface area contributed by atoms with E-state index in [4.69, 9.17) is 21.3 Å². The van der Waals surface area contributed by atoms with Gasteiger partial charge in [0, 0.05) is 43.3 Å². The van der Waals surface area contributed by atoms with Crippen molar-refractivity contribution in [3.8, 4) is 17.0 Å². The van der Waals surface area contributed by atoms with Gasteiger partial charge in [-0.05, 0) is 45.5 Å². The Morgan fingerprint density at radius 1 is 1.26 bits per heavy atom. The minimum absolute atomic E-state index is 0.0138. The fourth-order valence-corrected chi connectivity index (χ4v) is 6.39. The zero-order chi connectivity index (χ0) is 30.6. The number of halogens is 5. The Kier molecular flexibility index (Phi) is 7.90. The molecule has 42 heavy (non-hydrogen) atoms. The third kappa shape index (κ3) is 5.54. The summed E-state index contributed by atoms with van der Waals surface area (Å²) in [5.41, 5.74) is -0.511. The van der Waals surface area contributed by atoms with Crippen LogP contribution in [0.4, 0.5) is 23.4 Å². The smallest absolute Gasteiger partial charge is 0.401 e. The summed E-state index contributed by atoms with van der Waals surface area (Å²) >= 11 is 6.82. The molecule has 13 heteroatoms. The van der Waals surface area contributed by atoms with Gasteiger partial charge in [0.2, 0.25) is 5.91 Å². The van der Waals surface area contributed by atoms with E-state index in [2.05, 4.69) is 6.58 Å². The lowest BCUT2D eigenvalue weighted by atomic mass is 9.98. The van der Waals surface area contributed by atoms with Crippen molar-refractivity contribution in [3.05, 3.63) is 53.3 Å². The van der Waals surface area contributed by atoms with E-state index < -0.39 is 42.1 Å². The first-order valence-electron chi connectivity index (χ1n) is 13.6. The molecule has 2 atom stereocenters. The molecule has 2 saturated heterocycles. The Bertz CT molecular complexity index is 1420. The highest BCUT2D eigenvalue weighted by molar-refractivity contribution is 6.35. The van der Waals surface area contributed by atoms with Crippen LogP contribution < -0.4 is 9.64 Å². The van der Waals surface area contributed by atoms with E-state index in [0.29, 0.717) is 6.42 Å². The van der Waals surface area contributed by atoms with Crippen molar-refractivity contribution in [2.75, 3.05) is 51.3 Å². The van der Waals surface area contributed by atoms with Gasteiger partial charge in [-0.2, -0.15) is 13.2 Å². The predicted octanol–water partition coefficient (Wildman–Crippen LogP) is 4.62. The first-order valence-corrected chi connectivity index (χ1v) is 14.0.